The molecule has 0 saturated heterocycles. The maximum Gasteiger partial charge on any atom is 0.290 e. The van der Waals surface area contributed by atoms with Crippen LogP contribution in [-0.2, 0) is 4.79 Å². The third-order valence-corrected chi connectivity index (χ3v) is 2.56. The van der Waals surface area contributed by atoms with Crippen LogP contribution in [0.2, 0.25) is 0 Å². The Morgan fingerprint density at radius 2 is 2.07 bits per heavy atom. The molecule has 0 radical (unpaired) electrons. The molecule has 0 fully saturated rings. The van der Waals surface area contributed by atoms with Crippen molar-refractivity contribution in [2.24, 2.45) is 0 Å². The lowest BCUT2D eigenvalue weighted by atomic mass is 10.2. The van der Waals surface area contributed by atoms with Crippen molar-refractivity contribution in [3.63, 3.8) is 0 Å². The van der Waals surface area contributed by atoms with Crippen LogP contribution in [0.3, 0.4) is 0 Å². The van der Waals surface area contributed by atoms with Crippen LogP contribution >= 0.6 is 11.3 Å². The van der Waals surface area contributed by atoms with Gasteiger partial charge in [0.05, 0.1) is 5.56 Å². The molecule has 0 bridgehead atoms. The predicted octanol–water partition coefficient (Wildman–Crippen LogP) is 2.47. The molecule has 14 heavy (non-hydrogen) atoms. The maximum absolute atomic E-state index is 8.68. The first-order chi connectivity index (χ1) is 6.83. The van der Waals surface area contributed by atoms with E-state index in [1.54, 1.807) is 11.3 Å². The highest BCUT2D eigenvalue weighted by atomic mass is 32.1. The Hall–Kier alpha value is -1.86. The fourth-order valence-electron chi connectivity index (χ4n) is 1.06. The normalized spacial score (nSPS) is 8.50. The summed E-state index contributed by atoms with van der Waals surface area (Å²) in [5.74, 6) is 0. The van der Waals surface area contributed by atoms with Crippen LogP contribution in [0.1, 0.15) is 5.56 Å². The average Bonchev–Trinajstić information content (AvgIpc) is 2.62. The van der Waals surface area contributed by atoms with E-state index in [9.17, 15) is 0 Å². The van der Waals surface area contributed by atoms with Gasteiger partial charge >= 0.3 is 0 Å². The van der Waals surface area contributed by atoms with Crippen molar-refractivity contribution in [2.75, 3.05) is 0 Å². The third kappa shape index (κ3) is 2.09. The molecule has 0 unspecified atom stereocenters. The minimum absolute atomic E-state index is 0.250. The number of rotatable bonds is 0. The summed E-state index contributed by atoms with van der Waals surface area (Å²) in [6.07, 6.45) is 0. The molecule has 0 saturated carbocycles. The molecule has 1 aromatic heterocycles. The Kier molecular flexibility index (Phi) is 3.65. The van der Waals surface area contributed by atoms with Crippen molar-refractivity contribution < 1.29 is 9.90 Å². The van der Waals surface area contributed by atoms with Gasteiger partial charge in [0.15, 0.2) is 0 Å². The second kappa shape index (κ2) is 5.00. The lowest BCUT2D eigenvalue weighted by Gasteiger charge is -1.85. The number of nitriles is 1. The van der Waals surface area contributed by atoms with Crippen LogP contribution < -0.4 is 0 Å². The third-order valence-electron chi connectivity index (χ3n) is 1.60. The first-order valence-corrected chi connectivity index (χ1v) is 4.65. The molecule has 1 aromatic carbocycles. The van der Waals surface area contributed by atoms with Gasteiger partial charge in [-0.15, -0.1) is 11.3 Å². The highest BCUT2D eigenvalue weighted by Gasteiger charge is 1.99. The molecule has 0 aliphatic rings. The summed E-state index contributed by atoms with van der Waals surface area (Å²) in [6, 6.07) is 10.1. The summed E-state index contributed by atoms with van der Waals surface area (Å²) < 4.78 is 1.18. The van der Waals surface area contributed by atoms with Crippen molar-refractivity contribution in [3.8, 4) is 6.07 Å². The minimum Gasteiger partial charge on any atom is -0.483 e. The lowest BCUT2D eigenvalue weighted by molar-refractivity contribution is -0.122. The van der Waals surface area contributed by atoms with Gasteiger partial charge in [-0.3, -0.25) is 4.79 Å². The molecule has 4 heteroatoms. The molecular weight excluding hydrogens is 198 g/mol. The van der Waals surface area contributed by atoms with E-state index in [4.69, 9.17) is 15.2 Å². The molecule has 2 aromatic rings. The predicted molar refractivity (Wildman–Crippen MR) is 55.2 cm³/mol. The number of fused-ring (bicyclic) bond motifs is 1. The van der Waals surface area contributed by atoms with Crippen LogP contribution in [0.15, 0.2) is 29.6 Å². The van der Waals surface area contributed by atoms with Crippen molar-refractivity contribution in [1.82, 2.24) is 0 Å². The average molecular weight is 205 g/mol. The largest absolute Gasteiger partial charge is 0.483 e. The number of nitrogens with zero attached hydrogens (tertiary/aromatic N) is 1. The summed E-state index contributed by atoms with van der Waals surface area (Å²) in [4.78, 5) is 8.36. The Labute approximate surface area is 84.8 Å². The molecule has 0 amide bonds. The highest BCUT2D eigenvalue weighted by Crippen LogP contribution is 2.24. The van der Waals surface area contributed by atoms with Gasteiger partial charge in [-0.25, -0.2) is 0 Å². The second-order valence-corrected chi connectivity index (χ2v) is 3.27. The summed E-state index contributed by atoms with van der Waals surface area (Å²) in [5, 5.41) is 18.5. The molecule has 1 heterocycles. The molecule has 3 nitrogen and oxygen atoms in total. The maximum atomic E-state index is 8.68. The molecule has 1 N–H and O–H groups in total. The number of hydrogen-bond acceptors (Lipinski definition) is 3. The zero-order valence-corrected chi connectivity index (χ0v) is 7.99. The summed E-state index contributed by atoms with van der Waals surface area (Å²) in [6.45, 7) is -0.250. The first-order valence-electron chi connectivity index (χ1n) is 3.77. The van der Waals surface area contributed by atoms with Crippen molar-refractivity contribution in [2.45, 2.75) is 0 Å². The van der Waals surface area contributed by atoms with E-state index in [0.717, 1.165) is 10.9 Å². The summed E-state index contributed by atoms with van der Waals surface area (Å²) in [7, 11) is 0. The monoisotopic (exact) mass is 205 g/mol. The van der Waals surface area contributed by atoms with E-state index in [-0.39, 0.29) is 6.47 Å². The fraction of sp³-hybridized carbons (Fsp3) is 0. The minimum atomic E-state index is -0.250. The van der Waals surface area contributed by atoms with E-state index in [2.05, 4.69) is 6.07 Å². The van der Waals surface area contributed by atoms with Crippen LogP contribution in [0.25, 0.3) is 10.1 Å². The number of thiophene rings is 1. The standard InChI is InChI=1S/C9H5NS.CH2O2/c10-5-7-6-11-9-4-2-1-3-8(7)9;2-1-3/h1-4,6H;1H,(H,2,3). The Bertz CT molecular complexity index is 470. The summed E-state index contributed by atoms with van der Waals surface area (Å²) >= 11 is 1.62. The van der Waals surface area contributed by atoms with Gasteiger partial charge < -0.3 is 5.11 Å². The van der Waals surface area contributed by atoms with E-state index in [1.807, 2.05) is 29.6 Å². The van der Waals surface area contributed by atoms with Gasteiger partial charge in [-0.1, -0.05) is 18.2 Å². The molecule has 0 atom stereocenters. The Morgan fingerprint density at radius 3 is 2.71 bits per heavy atom. The van der Waals surface area contributed by atoms with E-state index in [0.29, 0.717) is 0 Å². The first kappa shape index (κ1) is 10.2. The van der Waals surface area contributed by atoms with E-state index in [1.165, 1.54) is 4.70 Å². The number of benzene rings is 1. The zero-order valence-electron chi connectivity index (χ0n) is 7.18. The molecule has 2 rings (SSSR count). The second-order valence-electron chi connectivity index (χ2n) is 2.36. The number of carboxylic acid groups (broad SMARTS) is 1. The van der Waals surface area contributed by atoms with Crippen molar-refractivity contribution in [3.05, 3.63) is 35.2 Å². The molecule has 0 spiro atoms. The fourth-order valence-corrected chi connectivity index (χ4v) is 1.95. The Morgan fingerprint density at radius 1 is 1.43 bits per heavy atom. The van der Waals surface area contributed by atoms with Crippen molar-refractivity contribution in [1.29, 1.82) is 5.26 Å². The van der Waals surface area contributed by atoms with Crippen LogP contribution in [0.5, 0.6) is 0 Å². The SMILES string of the molecule is N#Cc1csc2ccccc12.O=CO. The van der Waals surface area contributed by atoms with E-state index >= 15 is 0 Å². The highest BCUT2D eigenvalue weighted by molar-refractivity contribution is 7.17. The van der Waals surface area contributed by atoms with Gasteiger partial charge in [-0.2, -0.15) is 5.26 Å². The molecule has 70 valence electrons. The van der Waals surface area contributed by atoms with Crippen molar-refractivity contribution >= 4 is 27.9 Å². The zero-order chi connectivity index (χ0) is 10.4. The lowest BCUT2D eigenvalue weighted by Crippen LogP contribution is -1.66. The number of hydrogen-bond donors (Lipinski definition) is 1. The molecular formula is C10H7NO2S. The van der Waals surface area contributed by atoms with Gasteiger partial charge in [0.25, 0.3) is 6.47 Å². The van der Waals surface area contributed by atoms with E-state index < -0.39 is 0 Å². The number of carbonyl (C=O) groups is 1. The van der Waals surface area contributed by atoms with Crippen LogP contribution in [-0.4, -0.2) is 11.6 Å². The van der Waals surface area contributed by atoms with Crippen LogP contribution in [0, 0.1) is 11.3 Å². The smallest absolute Gasteiger partial charge is 0.290 e. The van der Waals surface area contributed by atoms with Crippen LogP contribution in [0.4, 0.5) is 0 Å². The Balaban J connectivity index is 0.000000293. The summed E-state index contributed by atoms with van der Waals surface area (Å²) in [5.41, 5.74) is 0.783. The van der Waals surface area contributed by atoms with Gasteiger partial charge in [0.2, 0.25) is 0 Å². The topological polar surface area (TPSA) is 61.1 Å². The molecule has 0 aliphatic carbocycles. The quantitative estimate of drug-likeness (QED) is 0.672. The van der Waals surface area contributed by atoms with Gasteiger partial charge in [-0.05, 0) is 6.07 Å². The van der Waals surface area contributed by atoms with Gasteiger partial charge in [0, 0.05) is 15.5 Å². The van der Waals surface area contributed by atoms with Gasteiger partial charge in [0.1, 0.15) is 6.07 Å². The molecule has 0 aliphatic heterocycles.